The van der Waals surface area contributed by atoms with Gasteiger partial charge >= 0.3 is 0 Å². The molecule has 2 nitrogen and oxygen atoms in total. The van der Waals surface area contributed by atoms with Crippen molar-refractivity contribution in [1.29, 1.82) is 0 Å². The predicted octanol–water partition coefficient (Wildman–Crippen LogP) is 5.20. The summed E-state index contributed by atoms with van der Waals surface area (Å²) in [5, 5.41) is 0.689. The van der Waals surface area contributed by atoms with E-state index >= 15 is 0 Å². The molecule has 0 aromatic heterocycles. The van der Waals surface area contributed by atoms with E-state index in [4.69, 9.17) is 11.6 Å². The maximum atomic E-state index is 10.4. The predicted molar refractivity (Wildman–Crippen MR) is 96.9 cm³/mol. The van der Waals surface area contributed by atoms with Gasteiger partial charge in [0.2, 0.25) is 0 Å². The average molecular weight is 318 g/mol. The minimum atomic E-state index is 0.689. The highest BCUT2D eigenvalue weighted by atomic mass is 35.5. The van der Waals surface area contributed by atoms with Crippen molar-refractivity contribution in [3.8, 4) is 0 Å². The third-order valence-corrected chi connectivity index (χ3v) is 3.82. The molecular formula is C19H24ClNO. The number of aldehydes is 1. The van der Waals surface area contributed by atoms with Gasteiger partial charge in [0, 0.05) is 24.3 Å². The second-order valence-electron chi connectivity index (χ2n) is 5.08. The number of carbonyl (C=O) groups excluding carboxylic acids is 1. The van der Waals surface area contributed by atoms with Crippen LogP contribution in [0.1, 0.15) is 37.8 Å². The molecule has 118 valence electrons. The first-order chi connectivity index (χ1) is 10.6. The molecule has 1 aromatic rings. The van der Waals surface area contributed by atoms with Gasteiger partial charge in [0.05, 0.1) is 0 Å². The summed E-state index contributed by atoms with van der Waals surface area (Å²) in [4.78, 5) is 12.6. The third-order valence-electron chi connectivity index (χ3n) is 3.51. The molecule has 0 aliphatic carbocycles. The number of rotatable bonds is 8. The van der Waals surface area contributed by atoms with Gasteiger partial charge in [-0.1, -0.05) is 50.2 Å². The zero-order valence-corrected chi connectivity index (χ0v) is 14.4. The molecule has 0 aliphatic heterocycles. The summed E-state index contributed by atoms with van der Waals surface area (Å²) >= 11 is 6.46. The Morgan fingerprint density at radius 1 is 1.36 bits per heavy atom. The first kappa shape index (κ1) is 18.2. The molecule has 0 fully saturated rings. The molecule has 0 spiro atoms. The van der Waals surface area contributed by atoms with Gasteiger partial charge in [0.25, 0.3) is 0 Å². The van der Waals surface area contributed by atoms with Gasteiger partial charge < -0.3 is 4.90 Å². The number of halogens is 1. The van der Waals surface area contributed by atoms with Crippen molar-refractivity contribution in [3.05, 3.63) is 58.8 Å². The van der Waals surface area contributed by atoms with Gasteiger partial charge in [-0.05, 0) is 47.8 Å². The molecule has 0 amide bonds. The third kappa shape index (κ3) is 4.60. The highest BCUT2D eigenvalue weighted by Gasteiger charge is 2.12. The van der Waals surface area contributed by atoms with Crippen LogP contribution < -0.4 is 0 Å². The lowest BCUT2D eigenvalue weighted by atomic mass is 9.98. The summed E-state index contributed by atoms with van der Waals surface area (Å²) in [6.07, 6.45) is 7.81. The van der Waals surface area contributed by atoms with E-state index in [1.165, 1.54) is 11.6 Å². The largest absolute Gasteiger partial charge is 0.374 e. The topological polar surface area (TPSA) is 20.3 Å². The molecule has 0 N–H and O–H groups in total. The maximum Gasteiger partial charge on any atom is 0.142 e. The lowest BCUT2D eigenvalue weighted by Crippen LogP contribution is -2.18. The Bertz CT molecular complexity index is 587. The van der Waals surface area contributed by atoms with Gasteiger partial charge in [0.1, 0.15) is 6.29 Å². The molecule has 0 unspecified atom stereocenters. The average Bonchev–Trinajstić information content (AvgIpc) is 2.51. The zero-order valence-electron chi connectivity index (χ0n) is 13.6. The summed E-state index contributed by atoms with van der Waals surface area (Å²) in [6.45, 7) is 9.21. The first-order valence-electron chi connectivity index (χ1n) is 7.57. The fraction of sp³-hybridized carbons (Fsp3) is 0.316. The normalized spacial score (nSPS) is 12.2. The zero-order chi connectivity index (χ0) is 16.5. The first-order valence-corrected chi connectivity index (χ1v) is 7.95. The molecule has 0 saturated heterocycles. The van der Waals surface area contributed by atoms with Crippen LogP contribution in [0.25, 0.3) is 11.6 Å². The van der Waals surface area contributed by atoms with Gasteiger partial charge in [-0.3, -0.25) is 4.79 Å². The Hall–Kier alpha value is -1.80. The van der Waals surface area contributed by atoms with Gasteiger partial charge in [-0.2, -0.15) is 0 Å². The summed E-state index contributed by atoms with van der Waals surface area (Å²) in [7, 11) is 2.07. The van der Waals surface area contributed by atoms with Crippen LogP contribution in [0.15, 0.2) is 42.6 Å². The van der Waals surface area contributed by atoms with E-state index in [0.29, 0.717) is 5.02 Å². The minimum Gasteiger partial charge on any atom is -0.374 e. The Kier molecular flexibility index (Phi) is 7.69. The highest BCUT2D eigenvalue weighted by Crippen LogP contribution is 2.31. The molecule has 1 aromatic carbocycles. The Morgan fingerprint density at radius 2 is 2.09 bits per heavy atom. The van der Waals surface area contributed by atoms with Crippen molar-refractivity contribution in [2.45, 2.75) is 26.7 Å². The van der Waals surface area contributed by atoms with Crippen LogP contribution >= 0.6 is 11.6 Å². The maximum absolute atomic E-state index is 10.4. The smallest absolute Gasteiger partial charge is 0.142 e. The van der Waals surface area contributed by atoms with Gasteiger partial charge in [0.15, 0.2) is 0 Å². The monoisotopic (exact) mass is 317 g/mol. The van der Waals surface area contributed by atoms with Crippen LogP contribution in [0.3, 0.4) is 0 Å². The van der Waals surface area contributed by atoms with E-state index in [1.807, 2.05) is 24.3 Å². The molecular weight excluding hydrogens is 294 g/mol. The van der Waals surface area contributed by atoms with E-state index in [-0.39, 0.29) is 0 Å². The fourth-order valence-corrected chi connectivity index (χ4v) is 2.81. The number of benzene rings is 1. The van der Waals surface area contributed by atoms with E-state index in [2.05, 4.69) is 32.4 Å². The van der Waals surface area contributed by atoms with Crippen LogP contribution in [-0.4, -0.2) is 24.8 Å². The van der Waals surface area contributed by atoms with E-state index in [9.17, 15) is 4.79 Å². The van der Waals surface area contributed by atoms with Crippen LogP contribution in [0.5, 0.6) is 0 Å². The number of likely N-dealkylation sites (N-methyl/N-ethyl adjacent to an activating group) is 1. The number of hydrogen-bond donors (Lipinski definition) is 0. The van der Waals surface area contributed by atoms with Crippen LogP contribution in [0, 0.1) is 0 Å². The van der Waals surface area contributed by atoms with Crippen molar-refractivity contribution < 1.29 is 4.79 Å². The van der Waals surface area contributed by atoms with E-state index < -0.39 is 0 Å². The summed E-state index contributed by atoms with van der Waals surface area (Å²) in [5.74, 6) is 0. The SMILES string of the molecule is C=C/C(=C(\CC)c1ccc(/C=C/C=O)cc1Cl)N(C)CCC. The minimum absolute atomic E-state index is 0.689. The molecule has 0 heterocycles. The van der Waals surface area contributed by atoms with Crippen molar-refractivity contribution in [1.82, 2.24) is 4.90 Å². The Morgan fingerprint density at radius 3 is 2.59 bits per heavy atom. The number of hydrogen-bond acceptors (Lipinski definition) is 2. The van der Waals surface area contributed by atoms with Crippen molar-refractivity contribution >= 4 is 29.5 Å². The lowest BCUT2D eigenvalue weighted by Gasteiger charge is -2.24. The highest BCUT2D eigenvalue weighted by molar-refractivity contribution is 6.32. The standard InChI is InChI=1S/C19H24ClNO/c1-5-12-21(4)19(7-3)16(6-2)17-11-10-15(9-8-13-22)14-18(17)20/h7-11,13-14H,3,5-6,12H2,1-2,4H3/b9-8+,19-16-. The molecule has 1 rings (SSSR count). The van der Waals surface area contributed by atoms with Crippen LogP contribution in [0.4, 0.5) is 0 Å². The number of nitrogens with zero attached hydrogens (tertiary/aromatic N) is 1. The molecule has 0 atom stereocenters. The van der Waals surface area contributed by atoms with E-state index in [0.717, 1.165) is 42.5 Å². The van der Waals surface area contributed by atoms with Crippen LogP contribution in [0.2, 0.25) is 5.02 Å². The number of carbonyl (C=O) groups is 1. The Balaban J connectivity index is 3.31. The van der Waals surface area contributed by atoms with Crippen LogP contribution in [-0.2, 0) is 4.79 Å². The van der Waals surface area contributed by atoms with Crippen molar-refractivity contribution in [2.75, 3.05) is 13.6 Å². The molecule has 0 saturated carbocycles. The Labute approximate surface area is 138 Å². The van der Waals surface area contributed by atoms with Crippen molar-refractivity contribution in [2.24, 2.45) is 0 Å². The lowest BCUT2D eigenvalue weighted by molar-refractivity contribution is -0.104. The second-order valence-corrected chi connectivity index (χ2v) is 5.48. The number of allylic oxidation sites excluding steroid dienone is 3. The quantitative estimate of drug-likeness (QED) is 0.373. The van der Waals surface area contributed by atoms with Gasteiger partial charge in [-0.25, -0.2) is 0 Å². The summed E-state index contributed by atoms with van der Waals surface area (Å²) < 4.78 is 0. The van der Waals surface area contributed by atoms with Crippen molar-refractivity contribution in [3.63, 3.8) is 0 Å². The fourth-order valence-electron chi connectivity index (χ4n) is 2.50. The van der Waals surface area contributed by atoms with E-state index in [1.54, 1.807) is 6.08 Å². The molecule has 0 bridgehead atoms. The second kappa shape index (κ2) is 9.26. The molecule has 0 aliphatic rings. The summed E-state index contributed by atoms with van der Waals surface area (Å²) in [6, 6.07) is 5.86. The molecule has 3 heteroatoms. The summed E-state index contributed by atoms with van der Waals surface area (Å²) in [5.41, 5.74) is 4.23. The van der Waals surface area contributed by atoms with Gasteiger partial charge in [-0.15, -0.1) is 0 Å². The molecule has 22 heavy (non-hydrogen) atoms. The molecule has 0 radical (unpaired) electrons.